The van der Waals surface area contributed by atoms with E-state index in [0.717, 1.165) is 17.5 Å². The van der Waals surface area contributed by atoms with Gasteiger partial charge in [-0.15, -0.1) is 0 Å². The van der Waals surface area contributed by atoms with Crippen LogP contribution in [-0.4, -0.2) is 0 Å². The van der Waals surface area contributed by atoms with Crippen molar-refractivity contribution in [3.05, 3.63) is 70.0 Å². The van der Waals surface area contributed by atoms with E-state index < -0.39 is 0 Å². The van der Waals surface area contributed by atoms with Crippen molar-refractivity contribution in [2.45, 2.75) is 33.2 Å². The van der Waals surface area contributed by atoms with Gasteiger partial charge in [0.15, 0.2) is 0 Å². The average molecular weight is 272 g/mol. The van der Waals surface area contributed by atoms with Gasteiger partial charge < -0.3 is 0 Å². The molecular formula is C17H21FN2. The van der Waals surface area contributed by atoms with Crippen LogP contribution in [-0.2, 0) is 6.42 Å². The fourth-order valence-corrected chi connectivity index (χ4v) is 2.58. The molecule has 0 spiro atoms. The second kappa shape index (κ2) is 6.16. The van der Waals surface area contributed by atoms with Crippen LogP contribution in [0.4, 0.5) is 4.39 Å². The van der Waals surface area contributed by atoms with Gasteiger partial charge in [0.2, 0.25) is 0 Å². The first kappa shape index (κ1) is 14.7. The monoisotopic (exact) mass is 272 g/mol. The largest absolute Gasteiger partial charge is 0.271 e. The summed E-state index contributed by atoms with van der Waals surface area (Å²) in [5.41, 5.74) is 8.57. The quantitative estimate of drug-likeness (QED) is 0.660. The molecule has 0 amide bonds. The standard InChI is InChI=1S/C17H21FN2/c1-11-4-7-16(13(3)8-11)17(20-19)10-14-5-6-15(18)9-12(14)2/h4-9,17,20H,10,19H2,1-3H3. The Morgan fingerprint density at radius 2 is 1.80 bits per heavy atom. The third kappa shape index (κ3) is 3.24. The molecule has 0 radical (unpaired) electrons. The molecule has 0 fully saturated rings. The highest BCUT2D eigenvalue weighted by Gasteiger charge is 2.14. The summed E-state index contributed by atoms with van der Waals surface area (Å²) >= 11 is 0. The van der Waals surface area contributed by atoms with Crippen molar-refractivity contribution >= 4 is 0 Å². The highest BCUT2D eigenvalue weighted by molar-refractivity contribution is 5.35. The summed E-state index contributed by atoms with van der Waals surface area (Å²) in [5.74, 6) is 5.52. The van der Waals surface area contributed by atoms with E-state index in [-0.39, 0.29) is 11.9 Å². The molecule has 0 aromatic heterocycles. The van der Waals surface area contributed by atoms with Crippen LogP contribution in [0, 0.1) is 26.6 Å². The maximum Gasteiger partial charge on any atom is 0.123 e. The molecule has 106 valence electrons. The molecule has 2 nitrogen and oxygen atoms in total. The zero-order chi connectivity index (χ0) is 14.7. The molecule has 3 N–H and O–H groups in total. The van der Waals surface area contributed by atoms with E-state index >= 15 is 0 Å². The van der Waals surface area contributed by atoms with Crippen molar-refractivity contribution in [1.82, 2.24) is 5.43 Å². The van der Waals surface area contributed by atoms with Crippen LogP contribution in [0.5, 0.6) is 0 Å². The normalized spacial score (nSPS) is 12.4. The predicted octanol–water partition coefficient (Wildman–Crippen LogP) is 3.50. The lowest BCUT2D eigenvalue weighted by molar-refractivity contribution is 0.547. The molecule has 2 aromatic carbocycles. The Labute approximate surface area is 119 Å². The lowest BCUT2D eigenvalue weighted by Crippen LogP contribution is -2.30. The molecule has 0 aliphatic rings. The smallest absolute Gasteiger partial charge is 0.123 e. The van der Waals surface area contributed by atoms with Gasteiger partial charge in [0.1, 0.15) is 5.82 Å². The Morgan fingerprint density at radius 1 is 1.05 bits per heavy atom. The average Bonchev–Trinajstić information content (AvgIpc) is 2.39. The molecule has 20 heavy (non-hydrogen) atoms. The number of aryl methyl sites for hydroxylation is 3. The van der Waals surface area contributed by atoms with Gasteiger partial charge in [0.05, 0.1) is 6.04 Å². The summed E-state index contributed by atoms with van der Waals surface area (Å²) < 4.78 is 13.2. The first-order valence-corrected chi connectivity index (χ1v) is 6.79. The van der Waals surface area contributed by atoms with Crippen LogP contribution < -0.4 is 11.3 Å². The van der Waals surface area contributed by atoms with E-state index in [1.165, 1.54) is 22.8 Å². The zero-order valence-corrected chi connectivity index (χ0v) is 12.2. The maximum absolute atomic E-state index is 13.2. The molecule has 2 rings (SSSR count). The van der Waals surface area contributed by atoms with Crippen LogP contribution in [0.15, 0.2) is 36.4 Å². The van der Waals surface area contributed by atoms with Crippen molar-refractivity contribution in [1.29, 1.82) is 0 Å². The summed E-state index contributed by atoms with van der Waals surface area (Å²) in [6.07, 6.45) is 0.743. The molecule has 0 heterocycles. The minimum atomic E-state index is -0.199. The van der Waals surface area contributed by atoms with Crippen molar-refractivity contribution < 1.29 is 4.39 Å². The molecule has 1 unspecified atom stereocenters. The number of benzene rings is 2. The molecular weight excluding hydrogens is 251 g/mol. The second-order valence-corrected chi connectivity index (χ2v) is 5.35. The molecule has 3 heteroatoms. The molecule has 0 bridgehead atoms. The molecule has 2 aromatic rings. The predicted molar refractivity (Wildman–Crippen MR) is 80.8 cm³/mol. The minimum absolute atomic E-state index is 0.0276. The van der Waals surface area contributed by atoms with Crippen LogP contribution >= 0.6 is 0 Å². The minimum Gasteiger partial charge on any atom is -0.271 e. The topological polar surface area (TPSA) is 38.0 Å². The first-order chi connectivity index (χ1) is 9.51. The Morgan fingerprint density at radius 3 is 2.40 bits per heavy atom. The van der Waals surface area contributed by atoms with Gasteiger partial charge in [0, 0.05) is 0 Å². The highest BCUT2D eigenvalue weighted by atomic mass is 19.1. The Kier molecular flexibility index (Phi) is 4.53. The summed E-state index contributed by atoms with van der Waals surface area (Å²) in [6.45, 7) is 6.09. The van der Waals surface area contributed by atoms with Crippen LogP contribution in [0.3, 0.4) is 0 Å². The summed E-state index contributed by atoms with van der Waals surface area (Å²) in [5, 5.41) is 0. The summed E-state index contributed by atoms with van der Waals surface area (Å²) in [6, 6.07) is 11.3. The summed E-state index contributed by atoms with van der Waals surface area (Å²) in [4.78, 5) is 0. The first-order valence-electron chi connectivity index (χ1n) is 6.79. The van der Waals surface area contributed by atoms with Crippen LogP contribution in [0.1, 0.15) is 33.9 Å². The highest BCUT2D eigenvalue weighted by Crippen LogP contribution is 2.23. The van der Waals surface area contributed by atoms with Gasteiger partial charge in [-0.25, -0.2) is 4.39 Å². The van der Waals surface area contributed by atoms with Crippen molar-refractivity contribution in [2.24, 2.45) is 5.84 Å². The SMILES string of the molecule is Cc1ccc(C(Cc2ccc(F)cc2C)NN)c(C)c1. The Bertz CT molecular complexity index is 608. The Balaban J connectivity index is 2.28. The number of nitrogens with two attached hydrogens (primary N) is 1. The fraction of sp³-hybridized carbons (Fsp3) is 0.294. The van der Waals surface area contributed by atoms with Gasteiger partial charge in [-0.2, -0.15) is 0 Å². The van der Waals surface area contributed by atoms with Crippen molar-refractivity contribution in [2.75, 3.05) is 0 Å². The van der Waals surface area contributed by atoms with Crippen LogP contribution in [0.2, 0.25) is 0 Å². The number of rotatable bonds is 4. The van der Waals surface area contributed by atoms with Gasteiger partial charge in [-0.05, 0) is 61.6 Å². The van der Waals surface area contributed by atoms with Gasteiger partial charge in [-0.3, -0.25) is 11.3 Å². The van der Waals surface area contributed by atoms with Gasteiger partial charge >= 0.3 is 0 Å². The van der Waals surface area contributed by atoms with Crippen molar-refractivity contribution in [3.63, 3.8) is 0 Å². The lowest BCUT2D eigenvalue weighted by atomic mass is 9.93. The van der Waals surface area contributed by atoms with E-state index in [9.17, 15) is 4.39 Å². The molecule has 1 atom stereocenters. The fourth-order valence-electron chi connectivity index (χ4n) is 2.58. The summed E-state index contributed by atoms with van der Waals surface area (Å²) in [7, 11) is 0. The van der Waals surface area contributed by atoms with E-state index in [1.54, 1.807) is 6.07 Å². The molecule has 0 saturated carbocycles. The molecule has 0 saturated heterocycles. The third-order valence-corrected chi connectivity index (χ3v) is 3.73. The number of hydrazine groups is 1. The van der Waals surface area contributed by atoms with Gasteiger partial charge in [-0.1, -0.05) is 29.8 Å². The third-order valence-electron chi connectivity index (χ3n) is 3.73. The maximum atomic E-state index is 13.2. The molecule has 0 aliphatic carbocycles. The zero-order valence-electron chi connectivity index (χ0n) is 12.2. The van der Waals surface area contributed by atoms with E-state index in [1.807, 2.05) is 13.0 Å². The van der Waals surface area contributed by atoms with E-state index in [2.05, 4.69) is 37.5 Å². The van der Waals surface area contributed by atoms with E-state index in [0.29, 0.717) is 0 Å². The Hall–Kier alpha value is -1.71. The number of halogens is 1. The number of nitrogens with one attached hydrogen (secondary N) is 1. The molecule has 0 aliphatic heterocycles. The van der Waals surface area contributed by atoms with Crippen LogP contribution in [0.25, 0.3) is 0 Å². The number of hydrogen-bond acceptors (Lipinski definition) is 2. The lowest BCUT2D eigenvalue weighted by Gasteiger charge is -2.20. The van der Waals surface area contributed by atoms with Crippen molar-refractivity contribution in [3.8, 4) is 0 Å². The van der Waals surface area contributed by atoms with Gasteiger partial charge in [0.25, 0.3) is 0 Å². The second-order valence-electron chi connectivity index (χ2n) is 5.35. The number of hydrogen-bond donors (Lipinski definition) is 2. The van der Waals surface area contributed by atoms with E-state index in [4.69, 9.17) is 5.84 Å².